The molecule has 1 saturated carbocycles. The van der Waals surface area contributed by atoms with E-state index in [0.717, 1.165) is 35.2 Å². The molecule has 1 amide bonds. The van der Waals surface area contributed by atoms with Crippen molar-refractivity contribution in [3.8, 4) is 11.1 Å². The summed E-state index contributed by atoms with van der Waals surface area (Å²) in [5.41, 5.74) is 6.07. The van der Waals surface area contributed by atoms with Crippen LogP contribution in [-0.2, 0) is 17.8 Å². The van der Waals surface area contributed by atoms with Crippen molar-refractivity contribution in [1.82, 2.24) is 10.2 Å². The summed E-state index contributed by atoms with van der Waals surface area (Å²) in [5.74, 6) is -1.35. The van der Waals surface area contributed by atoms with E-state index in [0.29, 0.717) is 24.4 Å². The molecule has 0 aliphatic heterocycles. The lowest BCUT2D eigenvalue weighted by molar-refractivity contribution is -0.139. The van der Waals surface area contributed by atoms with Crippen LogP contribution in [0.3, 0.4) is 0 Å². The zero-order chi connectivity index (χ0) is 28.7. The predicted molar refractivity (Wildman–Crippen MR) is 162 cm³/mol. The van der Waals surface area contributed by atoms with E-state index in [1.54, 1.807) is 0 Å². The quantitative estimate of drug-likeness (QED) is 0.251. The summed E-state index contributed by atoms with van der Waals surface area (Å²) in [6.45, 7) is 9.34. The van der Waals surface area contributed by atoms with Gasteiger partial charge in [-0.1, -0.05) is 86.8 Å². The third kappa shape index (κ3) is 6.82. The van der Waals surface area contributed by atoms with Crippen molar-refractivity contribution in [3.05, 3.63) is 95.1 Å². The second-order valence-electron chi connectivity index (χ2n) is 11.7. The molecule has 5 heteroatoms. The first-order chi connectivity index (χ1) is 19.2. The fourth-order valence-corrected chi connectivity index (χ4v) is 6.44. The van der Waals surface area contributed by atoms with Crippen LogP contribution >= 0.6 is 0 Å². The number of aliphatic carboxylic acids is 1. The second kappa shape index (κ2) is 13.3. The van der Waals surface area contributed by atoms with Gasteiger partial charge in [0.05, 0.1) is 0 Å². The summed E-state index contributed by atoms with van der Waals surface area (Å²) in [4.78, 5) is 27.9. The average Bonchev–Trinajstić information content (AvgIpc) is 3.41. The highest BCUT2D eigenvalue weighted by molar-refractivity contribution is 6.02. The van der Waals surface area contributed by atoms with Gasteiger partial charge in [-0.3, -0.25) is 9.69 Å². The van der Waals surface area contributed by atoms with E-state index >= 15 is 0 Å². The van der Waals surface area contributed by atoms with Crippen molar-refractivity contribution >= 4 is 11.9 Å². The van der Waals surface area contributed by atoms with E-state index in [2.05, 4.69) is 73.5 Å². The Balaban J connectivity index is 1.71. The van der Waals surface area contributed by atoms with E-state index < -0.39 is 12.0 Å². The Morgan fingerprint density at radius 1 is 0.925 bits per heavy atom. The molecule has 1 aliphatic rings. The Bertz CT molecular complexity index is 1290. The van der Waals surface area contributed by atoms with E-state index in [9.17, 15) is 14.7 Å². The summed E-state index contributed by atoms with van der Waals surface area (Å²) in [5, 5.41) is 12.4. The molecule has 5 nitrogen and oxygen atoms in total. The van der Waals surface area contributed by atoms with E-state index in [4.69, 9.17) is 0 Å². The fraction of sp³-hybridized carbons (Fsp3) is 0.429. The number of amides is 1. The van der Waals surface area contributed by atoms with Crippen LogP contribution < -0.4 is 5.32 Å². The summed E-state index contributed by atoms with van der Waals surface area (Å²) >= 11 is 0. The first-order valence-electron chi connectivity index (χ1n) is 14.8. The lowest BCUT2D eigenvalue weighted by Gasteiger charge is -2.45. The summed E-state index contributed by atoms with van der Waals surface area (Å²) in [6.07, 6.45) is 6.95. The standard InChI is InChI=1S/C35H44N2O3/c1-5-13-32(34(39)40)36-33(38)30-19-18-28(22-31(30)29-17-10-9-14-26(29)4)24-37(25(2)3)35(20-11-12-21-35)23-27-15-7-6-8-16-27/h6-10,14-19,22,25,32H,5,11-13,20-21,23-24H2,1-4H3,(H,36,38)(H,39,40). The average molecular weight is 541 g/mol. The largest absolute Gasteiger partial charge is 0.480 e. The first kappa shape index (κ1) is 29.5. The number of carbonyl (C=O) groups excluding carboxylic acids is 1. The number of carboxylic acid groups (broad SMARTS) is 1. The van der Waals surface area contributed by atoms with Crippen LogP contribution in [0.1, 0.15) is 86.3 Å². The zero-order valence-corrected chi connectivity index (χ0v) is 24.5. The van der Waals surface area contributed by atoms with Crippen molar-refractivity contribution in [2.45, 2.75) is 96.8 Å². The van der Waals surface area contributed by atoms with Gasteiger partial charge in [0.15, 0.2) is 0 Å². The number of rotatable bonds is 12. The monoisotopic (exact) mass is 540 g/mol. The molecule has 3 aromatic carbocycles. The van der Waals surface area contributed by atoms with Crippen LogP contribution in [0.4, 0.5) is 0 Å². The van der Waals surface area contributed by atoms with Crippen LogP contribution in [-0.4, -0.2) is 39.5 Å². The van der Waals surface area contributed by atoms with Crippen LogP contribution in [0.2, 0.25) is 0 Å². The molecule has 1 fully saturated rings. The summed E-state index contributed by atoms with van der Waals surface area (Å²) in [6, 6.07) is 24.4. The minimum Gasteiger partial charge on any atom is -0.480 e. The number of nitrogens with one attached hydrogen (secondary N) is 1. The number of carbonyl (C=O) groups is 2. The highest BCUT2D eigenvalue weighted by Crippen LogP contribution is 2.41. The van der Waals surface area contributed by atoms with Crippen molar-refractivity contribution in [3.63, 3.8) is 0 Å². The Morgan fingerprint density at radius 2 is 1.60 bits per heavy atom. The second-order valence-corrected chi connectivity index (χ2v) is 11.7. The van der Waals surface area contributed by atoms with Crippen molar-refractivity contribution < 1.29 is 14.7 Å². The third-order valence-corrected chi connectivity index (χ3v) is 8.44. The number of aryl methyl sites for hydroxylation is 1. The molecule has 0 bridgehead atoms. The molecule has 212 valence electrons. The molecule has 3 aromatic rings. The van der Waals surface area contributed by atoms with Gasteiger partial charge in [0.25, 0.3) is 5.91 Å². The molecule has 1 atom stereocenters. The fourth-order valence-electron chi connectivity index (χ4n) is 6.44. The van der Waals surface area contributed by atoms with Crippen LogP contribution in [0.5, 0.6) is 0 Å². The minimum absolute atomic E-state index is 0.100. The van der Waals surface area contributed by atoms with E-state index in [-0.39, 0.29) is 11.4 Å². The molecule has 40 heavy (non-hydrogen) atoms. The number of hydrogen-bond acceptors (Lipinski definition) is 3. The number of hydrogen-bond donors (Lipinski definition) is 2. The maximum atomic E-state index is 13.5. The van der Waals surface area contributed by atoms with E-state index in [1.165, 1.54) is 31.2 Å². The van der Waals surface area contributed by atoms with Gasteiger partial charge in [0.1, 0.15) is 6.04 Å². The minimum atomic E-state index is -1.00. The Hall–Kier alpha value is -3.44. The SMILES string of the molecule is CCCC(NC(=O)c1ccc(CN(C(C)C)C2(Cc3ccccc3)CCCC2)cc1-c1ccccc1C)C(=O)O. The highest BCUT2D eigenvalue weighted by Gasteiger charge is 2.40. The van der Waals surface area contributed by atoms with Crippen molar-refractivity contribution in [2.24, 2.45) is 0 Å². The molecular weight excluding hydrogens is 496 g/mol. The van der Waals surface area contributed by atoms with Gasteiger partial charge in [-0.05, 0) is 86.4 Å². The molecule has 1 unspecified atom stereocenters. The highest BCUT2D eigenvalue weighted by atomic mass is 16.4. The number of nitrogens with zero attached hydrogens (tertiary/aromatic N) is 1. The zero-order valence-electron chi connectivity index (χ0n) is 24.5. The van der Waals surface area contributed by atoms with Crippen LogP contribution in [0.25, 0.3) is 11.1 Å². The lowest BCUT2D eigenvalue weighted by atomic mass is 9.85. The van der Waals surface area contributed by atoms with Crippen LogP contribution in [0, 0.1) is 6.92 Å². The van der Waals surface area contributed by atoms with Crippen molar-refractivity contribution in [2.75, 3.05) is 0 Å². The Kier molecular flexibility index (Phi) is 9.80. The van der Waals surface area contributed by atoms with Gasteiger partial charge in [-0.15, -0.1) is 0 Å². The first-order valence-corrected chi connectivity index (χ1v) is 14.8. The predicted octanol–water partition coefficient (Wildman–Crippen LogP) is 7.41. The molecule has 0 aromatic heterocycles. The van der Waals surface area contributed by atoms with Gasteiger partial charge in [-0.2, -0.15) is 0 Å². The van der Waals surface area contributed by atoms with Crippen LogP contribution in [0.15, 0.2) is 72.8 Å². The van der Waals surface area contributed by atoms with Gasteiger partial charge in [-0.25, -0.2) is 4.79 Å². The number of benzene rings is 3. The summed E-state index contributed by atoms with van der Waals surface area (Å²) in [7, 11) is 0. The van der Waals surface area contributed by atoms with Crippen molar-refractivity contribution in [1.29, 1.82) is 0 Å². The molecule has 1 aliphatic carbocycles. The molecular formula is C35H44N2O3. The molecule has 0 spiro atoms. The number of carboxylic acids is 1. The molecule has 0 heterocycles. The lowest BCUT2D eigenvalue weighted by Crippen LogP contribution is -2.51. The third-order valence-electron chi connectivity index (χ3n) is 8.44. The molecule has 4 rings (SSSR count). The maximum Gasteiger partial charge on any atom is 0.326 e. The maximum absolute atomic E-state index is 13.5. The smallest absolute Gasteiger partial charge is 0.326 e. The van der Waals surface area contributed by atoms with Gasteiger partial charge in [0.2, 0.25) is 0 Å². The van der Waals surface area contributed by atoms with E-state index in [1.807, 2.05) is 37.3 Å². The normalized spacial score (nSPS) is 15.3. The summed E-state index contributed by atoms with van der Waals surface area (Å²) < 4.78 is 0. The van der Waals surface area contributed by atoms with Gasteiger partial charge >= 0.3 is 5.97 Å². The Morgan fingerprint density at radius 3 is 2.23 bits per heavy atom. The molecule has 0 radical (unpaired) electrons. The van der Waals surface area contributed by atoms with Gasteiger partial charge in [0, 0.05) is 23.7 Å². The Labute approximate surface area is 239 Å². The molecule has 2 N–H and O–H groups in total. The van der Waals surface area contributed by atoms with Gasteiger partial charge < -0.3 is 10.4 Å². The topological polar surface area (TPSA) is 69.6 Å². The molecule has 0 saturated heterocycles.